The van der Waals surface area contributed by atoms with Gasteiger partial charge in [-0.2, -0.15) is 0 Å². The molecule has 5 heteroatoms. The van der Waals surface area contributed by atoms with E-state index in [0.29, 0.717) is 28.6 Å². The number of nitrogens with one attached hydrogen (secondary N) is 1. The number of aldehydes is 1. The lowest BCUT2D eigenvalue weighted by molar-refractivity contribution is 0.112. The molecule has 0 aliphatic rings. The van der Waals surface area contributed by atoms with Gasteiger partial charge in [0.25, 0.3) is 0 Å². The van der Waals surface area contributed by atoms with Crippen LogP contribution in [0.2, 0.25) is 5.02 Å². The highest BCUT2D eigenvalue weighted by molar-refractivity contribution is 6.32. The Hall–Kier alpha value is -2.59. The van der Waals surface area contributed by atoms with Crippen molar-refractivity contribution in [3.05, 3.63) is 64.3 Å². The molecule has 0 amide bonds. The van der Waals surface area contributed by atoms with Crippen LogP contribution in [0.1, 0.15) is 21.6 Å². The first-order valence-corrected chi connectivity index (χ1v) is 7.92. The molecule has 0 unspecified atom stereocenters. The van der Waals surface area contributed by atoms with Crippen molar-refractivity contribution in [2.45, 2.75) is 13.5 Å². The second kappa shape index (κ2) is 6.89. The molecule has 0 saturated carbocycles. The summed E-state index contributed by atoms with van der Waals surface area (Å²) in [7, 11) is 1.58. The van der Waals surface area contributed by atoms with E-state index in [1.165, 1.54) is 0 Å². The highest BCUT2D eigenvalue weighted by Crippen LogP contribution is 2.29. The summed E-state index contributed by atoms with van der Waals surface area (Å²) in [5, 5.41) is 4.84. The Morgan fingerprint density at radius 1 is 1.25 bits per heavy atom. The van der Waals surface area contributed by atoms with Gasteiger partial charge in [0.15, 0.2) is 6.29 Å². The predicted molar refractivity (Wildman–Crippen MR) is 97.2 cm³/mol. The van der Waals surface area contributed by atoms with Crippen molar-refractivity contribution in [2.75, 3.05) is 12.4 Å². The fraction of sp³-hybridized carbons (Fsp3) is 0.158. The number of hydrogen-bond acceptors (Lipinski definition) is 4. The van der Waals surface area contributed by atoms with Gasteiger partial charge in [0, 0.05) is 11.9 Å². The highest BCUT2D eigenvalue weighted by Gasteiger charge is 2.12. The van der Waals surface area contributed by atoms with Crippen molar-refractivity contribution in [2.24, 2.45) is 0 Å². The van der Waals surface area contributed by atoms with Crippen molar-refractivity contribution in [3.63, 3.8) is 0 Å². The monoisotopic (exact) mass is 340 g/mol. The van der Waals surface area contributed by atoms with Crippen LogP contribution in [0, 0.1) is 6.92 Å². The molecule has 0 bridgehead atoms. The largest absolute Gasteiger partial charge is 0.495 e. The Bertz CT molecular complexity index is 909. The number of carbonyl (C=O) groups is 1. The molecule has 1 aromatic heterocycles. The number of para-hydroxylation sites is 1. The van der Waals surface area contributed by atoms with Gasteiger partial charge in [-0.05, 0) is 30.7 Å². The van der Waals surface area contributed by atoms with Gasteiger partial charge < -0.3 is 10.1 Å². The molecule has 0 fully saturated rings. The van der Waals surface area contributed by atoms with E-state index in [1.54, 1.807) is 7.11 Å². The van der Waals surface area contributed by atoms with Crippen LogP contribution in [-0.2, 0) is 6.54 Å². The Kier molecular flexibility index (Phi) is 4.67. The number of hydrogen-bond donors (Lipinski definition) is 1. The van der Waals surface area contributed by atoms with E-state index in [9.17, 15) is 4.79 Å². The van der Waals surface area contributed by atoms with Crippen LogP contribution < -0.4 is 10.1 Å². The molecule has 4 nitrogen and oxygen atoms in total. The lowest BCUT2D eigenvalue weighted by atomic mass is 10.1. The van der Waals surface area contributed by atoms with Crippen molar-refractivity contribution in [1.29, 1.82) is 0 Å². The van der Waals surface area contributed by atoms with E-state index < -0.39 is 0 Å². The molecule has 2 aromatic carbocycles. The van der Waals surface area contributed by atoms with E-state index in [4.69, 9.17) is 16.3 Å². The van der Waals surface area contributed by atoms with Crippen molar-refractivity contribution in [1.82, 2.24) is 4.98 Å². The third kappa shape index (κ3) is 3.05. The number of aryl methyl sites for hydroxylation is 1. The standard InChI is InChI=1S/C19H17ClN2O2/c1-12-15(11-23)19(14-5-3-4-6-17(14)22-12)21-10-13-7-8-18(24-2)16(20)9-13/h3-9,11H,10H2,1-2H3,(H,21,22). The molecule has 0 atom stereocenters. The van der Waals surface area contributed by atoms with Gasteiger partial charge in [0.1, 0.15) is 5.75 Å². The summed E-state index contributed by atoms with van der Waals surface area (Å²) in [6.07, 6.45) is 0.845. The number of nitrogens with zero attached hydrogens (tertiary/aromatic N) is 1. The van der Waals surface area contributed by atoms with Gasteiger partial charge >= 0.3 is 0 Å². The molecule has 0 saturated heterocycles. The third-order valence-corrected chi connectivity index (χ3v) is 4.22. The van der Waals surface area contributed by atoms with Crippen LogP contribution in [0.15, 0.2) is 42.5 Å². The van der Waals surface area contributed by atoms with Crippen LogP contribution in [0.3, 0.4) is 0 Å². The van der Waals surface area contributed by atoms with Crippen LogP contribution >= 0.6 is 11.6 Å². The van der Waals surface area contributed by atoms with Crippen LogP contribution in [0.25, 0.3) is 10.9 Å². The Morgan fingerprint density at radius 2 is 2.04 bits per heavy atom. The van der Waals surface area contributed by atoms with E-state index >= 15 is 0 Å². The molecular formula is C19H17ClN2O2. The molecule has 1 N–H and O–H groups in total. The number of pyridine rings is 1. The molecule has 3 aromatic rings. The minimum atomic E-state index is 0.540. The zero-order valence-electron chi connectivity index (χ0n) is 13.5. The average Bonchev–Trinajstić information content (AvgIpc) is 2.59. The van der Waals surface area contributed by atoms with Crippen molar-refractivity contribution >= 4 is 34.5 Å². The first kappa shape index (κ1) is 16.3. The van der Waals surface area contributed by atoms with Crippen LogP contribution in [-0.4, -0.2) is 18.4 Å². The molecule has 0 spiro atoms. The number of anilines is 1. The van der Waals surface area contributed by atoms with Gasteiger partial charge in [-0.1, -0.05) is 35.9 Å². The lowest BCUT2D eigenvalue weighted by Crippen LogP contribution is -2.06. The lowest BCUT2D eigenvalue weighted by Gasteiger charge is -2.14. The summed E-state index contributed by atoms with van der Waals surface area (Å²) >= 11 is 6.17. The first-order valence-electron chi connectivity index (χ1n) is 7.55. The number of fused-ring (bicyclic) bond motifs is 1. The molecule has 24 heavy (non-hydrogen) atoms. The van der Waals surface area contributed by atoms with Gasteiger partial charge in [-0.15, -0.1) is 0 Å². The number of benzene rings is 2. The molecule has 3 rings (SSSR count). The Balaban J connectivity index is 1.97. The fourth-order valence-electron chi connectivity index (χ4n) is 2.69. The summed E-state index contributed by atoms with van der Waals surface area (Å²) < 4.78 is 5.17. The topological polar surface area (TPSA) is 51.2 Å². The smallest absolute Gasteiger partial charge is 0.153 e. The van der Waals surface area contributed by atoms with Crippen LogP contribution in [0.4, 0.5) is 5.69 Å². The Morgan fingerprint density at radius 3 is 2.75 bits per heavy atom. The fourth-order valence-corrected chi connectivity index (χ4v) is 2.97. The normalized spacial score (nSPS) is 10.6. The zero-order chi connectivity index (χ0) is 17.1. The third-order valence-electron chi connectivity index (χ3n) is 3.92. The van der Waals surface area contributed by atoms with E-state index in [-0.39, 0.29) is 0 Å². The van der Waals surface area contributed by atoms with Crippen LogP contribution in [0.5, 0.6) is 5.75 Å². The number of ether oxygens (including phenoxy) is 1. The molecule has 0 aliphatic carbocycles. The maximum Gasteiger partial charge on any atom is 0.153 e. The van der Waals surface area contributed by atoms with E-state index in [2.05, 4.69) is 10.3 Å². The molecule has 1 heterocycles. The predicted octanol–water partition coefficient (Wildman–Crippen LogP) is 4.63. The summed E-state index contributed by atoms with van der Waals surface area (Å²) in [5.41, 5.74) is 3.93. The number of halogens is 1. The van der Waals surface area contributed by atoms with Crippen molar-refractivity contribution < 1.29 is 9.53 Å². The Labute approximate surface area is 145 Å². The van der Waals surface area contributed by atoms with Crippen molar-refractivity contribution in [3.8, 4) is 5.75 Å². The summed E-state index contributed by atoms with van der Waals surface area (Å²) in [6.45, 7) is 2.38. The summed E-state index contributed by atoms with van der Waals surface area (Å²) in [6, 6.07) is 13.4. The second-order valence-corrected chi connectivity index (χ2v) is 5.85. The van der Waals surface area contributed by atoms with E-state index in [1.807, 2.05) is 49.4 Å². The highest BCUT2D eigenvalue weighted by atomic mass is 35.5. The maximum absolute atomic E-state index is 11.5. The summed E-state index contributed by atoms with van der Waals surface area (Å²) in [5.74, 6) is 0.638. The first-order chi connectivity index (χ1) is 11.6. The average molecular weight is 341 g/mol. The quantitative estimate of drug-likeness (QED) is 0.688. The minimum absolute atomic E-state index is 0.540. The summed E-state index contributed by atoms with van der Waals surface area (Å²) in [4.78, 5) is 16.0. The second-order valence-electron chi connectivity index (χ2n) is 5.44. The van der Waals surface area contributed by atoms with Gasteiger partial charge in [-0.25, -0.2) is 0 Å². The number of carbonyl (C=O) groups excluding carboxylic acids is 1. The molecule has 0 aliphatic heterocycles. The number of methoxy groups -OCH3 is 1. The molecule has 0 radical (unpaired) electrons. The van der Waals surface area contributed by atoms with E-state index in [0.717, 1.165) is 28.4 Å². The zero-order valence-corrected chi connectivity index (χ0v) is 14.2. The van der Waals surface area contributed by atoms with Gasteiger partial charge in [0.2, 0.25) is 0 Å². The molecule has 122 valence electrons. The minimum Gasteiger partial charge on any atom is -0.495 e. The SMILES string of the molecule is COc1ccc(CNc2c(C=O)c(C)nc3ccccc23)cc1Cl. The number of rotatable bonds is 5. The van der Waals surface area contributed by atoms with Gasteiger partial charge in [-0.3, -0.25) is 9.78 Å². The van der Waals surface area contributed by atoms with Gasteiger partial charge in [0.05, 0.1) is 34.6 Å². The maximum atomic E-state index is 11.5. The number of aromatic nitrogens is 1. The molecular weight excluding hydrogens is 324 g/mol.